The topological polar surface area (TPSA) is 59.0 Å². The van der Waals surface area contributed by atoms with E-state index < -0.39 is 18.1 Å². The molecule has 1 saturated heterocycles. The summed E-state index contributed by atoms with van der Waals surface area (Å²) in [6, 6.07) is 6.64. The number of benzene rings is 2. The quantitative estimate of drug-likeness (QED) is 0.434. The summed E-state index contributed by atoms with van der Waals surface area (Å²) in [7, 11) is 0. The van der Waals surface area contributed by atoms with Gasteiger partial charge in [-0.2, -0.15) is 0 Å². The van der Waals surface area contributed by atoms with E-state index in [1.807, 2.05) is 0 Å². The van der Waals surface area contributed by atoms with Crippen LogP contribution in [-0.2, 0) is 6.54 Å². The van der Waals surface area contributed by atoms with E-state index in [1.54, 1.807) is 6.07 Å². The normalized spacial score (nSPS) is 17.6. The number of likely N-dealkylation sites (tertiary alicyclic amines) is 1. The molecule has 0 bridgehead atoms. The first kappa shape index (κ1) is 24.6. The smallest absolute Gasteiger partial charge is 0.493 e. The molecule has 0 spiro atoms. The number of carboxylic acid groups (broad SMARTS) is 1. The van der Waals surface area contributed by atoms with Crippen LogP contribution in [0.2, 0.25) is 5.02 Å². The molecule has 2 aromatic carbocycles. The van der Waals surface area contributed by atoms with Crippen LogP contribution in [0.3, 0.4) is 0 Å². The van der Waals surface area contributed by atoms with Crippen molar-refractivity contribution in [3.8, 4) is 11.5 Å². The van der Waals surface area contributed by atoms with E-state index in [-0.39, 0.29) is 28.2 Å². The molecule has 184 valence electrons. The number of hydrogen-bond acceptors (Lipinski definition) is 4. The minimum Gasteiger partial charge on any atom is -0.493 e. The molecule has 0 radical (unpaired) electrons. The Morgan fingerprint density at radius 2 is 1.79 bits per heavy atom. The Labute approximate surface area is 199 Å². The second-order valence-electron chi connectivity index (χ2n) is 8.82. The van der Waals surface area contributed by atoms with Crippen molar-refractivity contribution in [2.24, 2.45) is 5.92 Å². The molecule has 10 heteroatoms. The van der Waals surface area contributed by atoms with E-state index in [9.17, 15) is 27.5 Å². The van der Waals surface area contributed by atoms with E-state index in [4.69, 9.17) is 16.3 Å². The molecule has 5 nitrogen and oxygen atoms in total. The molecule has 0 unspecified atom stereocenters. The Bertz CT molecular complexity index is 1050. The Hall–Kier alpha value is -2.52. The molecule has 4 rings (SSSR count). The molecule has 0 aromatic heterocycles. The van der Waals surface area contributed by atoms with Crippen LogP contribution in [0.15, 0.2) is 30.3 Å². The van der Waals surface area contributed by atoms with Crippen molar-refractivity contribution >= 4 is 17.6 Å². The fraction of sp³-hybridized carbons (Fsp3) is 0.458. The van der Waals surface area contributed by atoms with Gasteiger partial charge in [0.1, 0.15) is 17.3 Å². The highest BCUT2D eigenvalue weighted by Gasteiger charge is 2.32. The van der Waals surface area contributed by atoms with Crippen molar-refractivity contribution in [2.45, 2.75) is 44.5 Å². The van der Waals surface area contributed by atoms with E-state index in [2.05, 4.69) is 9.64 Å². The largest absolute Gasteiger partial charge is 0.573 e. The van der Waals surface area contributed by atoms with Gasteiger partial charge in [0.2, 0.25) is 0 Å². The molecule has 0 atom stereocenters. The zero-order chi connectivity index (χ0) is 24.5. The number of ether oxygens (including phenoxy) is 2. The summed E-state index contributed by atoms with van der Waals surface area (Å²) in [6.45, 7) is 2.27. The van der Waals surface area contributed by atoms with Gasteiger partial charge in [-0.25, -0.2) is 9.18 Å². The molecule has 34 heavy (non-hydrogen) atoms. The van der Waals surface area contributed by atoms with Gasteiger partial charge < -0.3 is 14.6 Å². The summed E-state index contributed by atoms with van der Waals surface area (Å²) in [5.41, 5.74) is 1.03. The Morgan fingerprint density at radius 3 is 2.41 bits per heavy atom. The Morgan fingerprint density at radius 1 is 1.09 bits per heavy atom. The van der Waals surface area contributed by atoms with Crippen molar-refractivity contribution < 1.29 is 36.9 Å². The number of nitrogens with zero attached hydrogens (tertiary/aromatic N) is 1. The van der Waals surface area contributed by atoms with Crippen molar-refractivity contribution in [3.63, 3.8) is 0 Å². The van der Waals surface area contributed by atoms with Crippen molar-refractivity contribution in [1.29, 1.82) is 0 Å². The highest BCUT2D eigenvalue weighted by Crippen LogP contribution is 2.45. The fourth-order valence-electron chi connectivity index (χ4n) is 4.26. The minimum absolute atomic E-state index is 0.174. The Kier molecular flexibility index (Phi) is 7.23. The average Bonchev–Trinajstić information content (AvgIpc) is 3.56. The van der Waals surface area contributed by atoms with E-state index in [0.29, 0.717) is 24.5 Å². The number of halogens is 5. The van der Waals surface area contributed by atoms with Crippen LogP contribution in [0.25, 0.3) is 0 Å². The summed E-state index contributed by atoms with van der Waals surface area (Å²) in [4.78, 5) is 13.4. The molecule has 1 saturated carbocycles. The van der Waals surface area contributed by atoms with Crippen LogP contribution in [-0.4, -0.2) is 42.0 Å². The van der Waals surface area contributed by atoms with Crippen LogP contribution < -0.4 is 9.47 Å². The highest BCUT2D eigenvalue weighted by atomic mass is 35.5. The van der Waals surface area contributed by atoms with Gasteiger partial charge in [0, 0.05) is 17.6 Å². The predicted molar refractivity (Wildman–Crippen MR) is 117 cm³/mol. The van der Waals surface area contributed by atoms with Gasteiger partial charge in [0.15, 0.2) is 0 Å². The van der Waals surface area contributed by atoms with Crippen LogP contribution in [0, 0.1) is 11.7 Å². The summed E-state index contributed by atoms with van der Waals surface area (Å²) >= 11 is 5.96. The number of rotatable bonds is 8. The average molecular weight is 502 g/mol. The van der Waals surface area contributed by atoms with Gasteiger partial charge in [0.05, 0.1) is 12.2 Å². The first-order chi connectivity index (χ1) is 16.1. The molecule has 2 fully saturated rings. The molecule has 1 aliphatic heterocycles. The van der Waals surface area contributed by atoms with Crippen LogP contribution in [0.1, 0.15) is 53.1 Å². The molecule has 2 aliphatic rings. The third-order valence-corrected chi connectivity index (χ3v) is 6.32. The predicted octanol–water partition coefficient (Wildman–Crippen LogP) is 6.24. The first-order valence-electron chi connectivity index (χ1n) is 11.0. The number of alkyl halides is 3. The summed E-state index contributed by atoms with van der Waals surface area (Å²) in [5.74, 6) is -1.60. The molecule has 1 aliphatic carbocycles. The molecule has 0 amide bonds. The summed E-state index contributed by atoms with van der Waals surface area (Å²) in [6.07, 6.45) is -1.31. The lowest BCUT2D eigenvalue weighted by Gasteiger charge is -2.32. The third kappa shape index (κ3) is 6.54. The summed E-state index contributed by atoms with van der Waals surface area (Å²) in [5, 5.41) is 9.35. The van der Waals surface area contributed by atoms with Gasteiger partial charge in [0.25, 0.3) is 0 Å². The second-order valence-corrected chi connectivity index (χ2v) is 9.26. The zero-order valence-electron chi connectivity index (χ0n) is 18.2. The molecule has 1 N–H and O–H groups in total. The first-order valence-corrected chi connectivity index (χ1v) is 11.4. The van der Waals surface area contributed by atoms with Gasteiger partial charge in [-0.3, -0.25) is 4.90 Å². The lowest BCUT2D eigenvalue weighted by molar-refractivity contribution is -0.274. The van der Waals surface area contributed by atoms with Gasteiger partial charge in [-0.15, -0.1) is 13.2 Å². The third-order valence-electron chi connectivity index (χ3n) is 6.10. The summed E-state index contributed by atoms with van der Waals surface area (Å²) < 4.78 is 61.7. The number of hydrogen-bond donors (Lipinski definition) is 1. The lowest BCUT2D eigenvalue weighted by Crippen LogP contribution is -2.35. The van der Waals surface area contributed by atoms with Gasteiger partial charge >= 0.3 is 12.3 Å². The zero-order valence-corrected chi connectivity index (χ0v) is 19.0. The molecule has 2 aromatic rings. The van der Waals surface area contributed by atoms with E-state index >= 15 is 0 Å². The van der Waals surface area contributed by atoms with E-state index in [1.165, 1.54) is 18.2 Å². The van der Waals surface area contributed by atoms with Crippen LogP contribution in [0.4, 0.5) is 17.6 Å². The monoisotopic (exact) mass is 501 g/mol. The number of piperidine rings is 1. The van der Waals surface area contributed by atoms with E-state index in [0.717, 1.165) is 50.4 Å². The highest BCUT2D eigenvalue weighted by molar-refractivity contribution is 6.30. The minimum atomic E-state index is -4.78. The van der Waals surface area contributed by atoms with Crippen molar-refractivity contribution in [2.75, 3.05) is 19.7 Å². The van der Waals surface area contributed by atoms with Crippen LogP contribution in [0.5, 0.6) is 11.5 Å². The standard InChI is InChI=1S/C24H24ClF4NO4/c25-17-7-15(8-18(9-17)34-24(27,28)29)12-30-5-3-14(4-6-30)13-33-22-11-21(26)20(23(31)32)10-19(22)16-1-2-16/h7-11,14,16H,1-6,12-13H2,(H,31,32). The van der Waals surface area contributed by atoms with Gasteiger partial charge in [-0.1, -0.05) is 11.6 Å². The number of aromatic carboxylic acids is 1. The van der Waals surface area contributed by atoms with Gasteiger partial charge in [-0.05, 0) is 86.0 Å². The molecular weight excluding hydrogens is 478 g/mol. The fourth-order valence-corrected chi connectivity index (χ4v) is 4.50. The SMILES string of the molecule is O=C(O)c1cc(C2CC2)c(OCC2CCN(Cc3cc(Cl)cc(OC(F)(F)F)c3)CC2)cc1F. The Balaban J connectivity index is 1.31. The molecular formula is C24H24ClF4NO4. The maximum atomic E-state index is 14.2. The van der Waals surface area contributed by atoms with Crippen LogP contribution >= 0.6 is 11.6 Å². The maximum absolute atomic E-state index is 14.2. The van der Waals surface area contributed by atoms with Crippen molar-refractivity contribution in [1.82, 2.24) is 4.90 Å². The lowest BCUT2D eigenvalue weighted by atomic mass is 9.97. The number of carbonyl (C=O) groups is 1. The number of carboxylic acids is 1. The molecule has 1 heterocycles. The van der Waals surface area contributed by atoms with Crippen molar-refractivity contribution in [3.05, 3.63) is 57.9 Å². The maximum Gasteiger partial charge on any atom is 0.573 e. The second kappa shape index (κ2) is 10.00.